The summed E-state index contributed by atoms with van der Waals surface area (Å²) in [4.78, 5) is 29.4. The number of aromatic amines is 1. The number of carbonyl (C=O) groups excluding carboxylic acids is 1. The molecule has 31 heavy (non-hydrogen) atoms. The molecule has 0 radical (unpaired) electrons. The Labute approximate surface area is 184 Å². The molecule has 4 rings (SSSR count). The molecule has 0 amide bonds. The number of hydrogen-bond acceptors (Lipinski definition) is 4. The summed E-state index contributed by atoms with van der Waals surface area (Å²) in [6.45, 7) is 1.86. The third-order valence-corrected chi connectivity index (χ3v) is 5.31. The minimum Gasteiger partial charge on any atom is -0.495 e. The smallest absolute Gasteiger partial charge is 0.344 e. The van der Waals surface area contributed by atoms with Gasteiger partial charge in [-0.15, -0.1) is 0 Å². The fraction of sp³-hybridized carbons (Fsp3) is 0.120. The van der Waals surface area contributed by atoms with Crippen LogP contribution in [0.3, 0.4) is 0 Å². The van der Waals surface area contributed by atoms with Crippen molar-refractivity contribution in [3.05, 3.63) is 87.5 Å². The molecule has 0 saturated carbocycles. The van der Waals surface area contributed by atoms with E-state index in [2.05, 4.69) is 4.98 Å². The average molecular weight is 434 g/mol. The normalized spacial score (nSPS) is 10.8. The SMILES string of the molecule is CCOC(=O)c1c(-c2cccc(-c3ccccc3)c2)[nH]c2cc(Cl)c(OC)cc2c1=O. The Kier molecular flexibility index (Phi) is 5.78. The maximum atomic E-state index is 13.4. The van der Waals surface area contributed by atoms with E-state index in [1.807, 2.05) is 54.6 Å². The zero-order valence-corrected chi connectivity index (χ0v) is 17.8. The van der Waals surface area contributed by atoms with E-state index >= 15 is 0 Å². The standard InChI is InChI=1S/C25H20ClNO4/c1-3-31-25(29)22-23(17-11-7-10-16(12-17)15-8-5-4-6-9-15)27-20-14-19(26)21(30-2)13-18(20)24(22)28/h4-14H,3H2,1-2H3,(H,27,28). The predicted molar refractivity (Wildman–Crippen MR) is 123 cm³/mol. The van der Waals surface area contributed by atoms with Gasteiger partial charge in [-0.25, -0.2) is 4.79 Å². The molecule has 1 aromatic heterocycles. The van der Waals surface area contributed by atoms with Gasteiger partial charge < -0.3 is 14.5 Å². The second-order valence-electron chi connectivity index (χ2n) is 6.90. The lowest BCUT2D eigenvalue weighted by Gasteiger charge is -2.13. The summed E-state index contributed by atoms with van der Waals surface area (Å²) in [5.74, 6) is -0.326. The van der Waals surface area contributed by atoms with E-state index in [0.29, 0.717) is 32.9 Å². The highest BCUT2D eigenvalue weighted by molar-refractivity contribution is 6.32. The van der Waals surface area contributed by atoms with Crippen molar-refractivity contribution in [3.8, 4) is 28.1 Å². The molecular weight excluding hydrogens is 414 g/mol. The van der Waals surface area contributed by atoms with Crippen LogP contribution in [0.15, 0.2) is 71.5 Å². The van der Waals surface area contributed by atoms with Crippen molar-refractivity contribution < 1.29 is 14.3 Å². The molecule has 0 aliphatic heterocycles. The van der Waals surface area contributed by atoms with Gasteiger partial charge in [-0.1, -0.05) is 60.1 Å². The third-order valence-electron chi connectivity index (χ3n) is 5.01. The van der Waals surface area contributed by atoms with Crippen molar-refractivity contribution in [2.24, 2.45) is 0 Å². The van der Waals surface area contributed by atoms with Crippen LogP contribution in [0.4, 0.5) is 0 Å². The lowest BCUT2D eigenvalue weighted by Crippen LogP contribution is -2.20. The van der Waals surface area contributed by atoms with Crippen LogP contribution in [-0.2, 0) is 4.74 Å². The van der Waals surface area contributed by atoms with Gasteiger partial charge in [-0.3, -0.25) is 4.79 Å². The van der Waals surface area contributed by atoms with Crippen LogP contribution in [-0.4, -0.2) is 24.7 Å². The molecule has 0 aliphatic carbocycles. The van der Waals surface area contributed by atoms with E-state index in [9.17, 15) is 9.59 Å². The van der Waals surface area contributed by atoms with E-state index in [1.165, 1.54) is 13.2 Å². The minimum atomic E-state index is -0.681. The molecule has 0 bridgehead atoms. The minimum absolute atomic E-state index is 0.0519. The molecule has 1 heterocycles. The van der Waals surface area contributed by atoms with Gasteiger partial charge in [-0.05, 0) is 41.8 Å². The number of halogens is 1. The first-order valence-corrected chi connectivity index (χ1v) is 10.2. The number of nitrogens with one attached hydrogen (secondary N) is 1. The van der Waals surface area contributed by atoms with Crippen LogP contribution < -0.4 is 10.2 Å². The van der Waals surface area contributed by atoms with E-state index in [4.69, 9.17) is 21.1 Å². The Hall–Kier alpha value is -3.57. The number of hydrogen-bond donors (Lipinski definition) is 1. The van der Waals surface area contributed by atoms with Gasteiger partial charge in [0, 0.05) is 0 Å². The fourth-order valence-corrected chi connectivity index (χ4v) is 3.79. The molecule has 0 spiro atoms. The van der Waals surface area contributed by atoms with Crippen molar-refractivity contribution in [1.82, 2.24) is 4.98 Å². The first kappa shape index (κ1) is 20.7. The number of H-pyrrole nitrogens is 1. The van der Waals surface area contributed by atoms with Crippen LogP contribution in [0, 0.1) is 0 Å². The summed E-state index contributed by atoms with van der Waals surface area (Å²) in [7, 11) is 1.47. The molecule has 4 aromatic rings. The Morgan fingerprint density at radius 2 is 1.68 bits per heavy atom. The van der Waals surface area contributed by atoms with Crippen molar-refractivity contribution in [2.75, 3.05) is 13.7 Å². The largest absolute Gasteiger partial charge is 0.495 e. The second kappa shape index (κ2) is 8.66. The molecule has 5 nitrogen and oxygen atoms in total. The van der Waals surface area contributed by atoms with Crippen molar-refractivity contribution in [3.63, 3.8) is 0 Å². The zero-order valence-electron chi connectivity index (χ0n) is 17.1. The quantitative estimate of drug-likeness (QED) is 0.410. The van der Waals surface area contributed by atoms with Crippen LogP contribution in [0.2, 0.25) is 5.02 Å². The maximum Gasteiger partial charge on any atom is 0.344 e. The molecule has 0 aliphatic rings. The number of methoxy groups -OCH3 is 1. The zero-order chi connectivity index (χ0) is 22.0. The summed E-state index contributed by atoms with van der Waals surface area (Å²) in [6.07, 6.45) is 0. The lowest BCUT2D eigenvalue weighted by molar-refractivity contribution is 0.0525. The summed E-state index contributed by atoms with van der Waals surface area (Å²) in [5, 5.41) is 0.658. The van der Waals surface area contributed by atoms with Crippen LogP contribution in [0.1, 0.15) is 17.3 Å². The number of fused-ring (bicyclic) bond motifs is 1. The van der Waals surface area contributed by atoms with Crippen molar-refractivity contribution in [2.45, 2.75) is 6.92 Å². The lowest BCUT2D eigenvalue weighted by atomic mass is 9.98. The maximum absolute atomic E-state index is 13.4. The summed E-state index contributed by atoms with van der Waals surface area (Å²) in [5.41, 5.74) is 3.07. The van der Waals surface area contributed by atoms with Gasteiger partial charge in [0.15, 0.2) is 0 Å². The molecule has 3 aromatic carbocycles. The van der Waals surface area contributed by atoms with Crippen molar-refractivity contribution >= 4 is 28.5 Å². The van der Waals surface area contributed by atoms with E-state index in [0.717, 1.165) is 11.1 Å². The van der Waals surface area contributed by atoms with Gasteiger partial charge in [0.05, 0.1) is 35.3 Å². The van der Waals surface area contributed by atoms with E-state index < -0.39 is 11.4 Å². The molecule has 0 fully saturated rings. The Morgan fingerprint density at radius 1 is 0.968 bits per heavy atom. The number of carbonyl (C=O) groups is 1. The number of aromatic nitrogens is 1. The van der Waals surface area contributed by atoms with Crippen LogP contribution in [0.5, 0.6) is 5.75 Å². The topological polar surface area (TPSA) is 68.4 Å². The van der Waals surface area contributed by atoms with Gasteiger partial charge in [0.25, 0.3) is 0 Å². The highest BCUT2D eigenvalue weighted by atomic mass is 35.5. The summed E-state index contributed by atoms with van der Waals surface area (Å²) >= 11 is 6.27. The Balaban J connectivity index is 2.00. The Bertz CT molecular complexity index is 1330. The third kappa shape index (κ3) is 3.92. The molecular formula is C25H20ClNO4. The highest BCUT2D eigenvalue weighted by Crippen LogP contribution is 2.32. The van der Waals surface area contributed by atoms with E-state index in [-0.39, 0.29) is 12.2 Å². The average Bonchev–Trinajstić information content (AvgIpc) is 2.79. The number of rotatable bonds is 5. The molecule has 0 unspecified atom stereocenters. The van der Waals surface area contributed by atoms with Gasteiger partial charge >= 0.3 is 5.97 Å². The number of pyridine rings is 1. The molecule has 0 atom stereocenters. The second-order valence-corrected chi connectivity index (χ2v) is 7.31. The van der Waals surface area contributed by atoms with Gasteiger partial charge in [-0.2, -0.15) is 0 Å². The number of benzene rings is 3. The molecule has 0 saturated heterocycles. The number of ether oxygens (including phenoxy) is 2. The van der Waals surface area contributed by atoms with Gasteiger partial charge in [0.1, 0.15) is 11.3 Å². The highest BCUT2D eigenvalue weighted by Gasteiger charge is 2.22. The monoisotopic (exact) mass is 433 g/mol. The van der Waals surface area contributed by atoms with Crippen molar-refractivity contribution in [1.29, 1.82) is 0 Å². The summed E-state index contributed by atoms with van der Waals surface area (Å²) in [6, 6.07) is 20.7. The van der Waals surface area contributed by atoms with Crippen LogP contribution in [0.25, 0.3) is 33.3 Å². The first-order valence-electron chi connectivity index (χ1n) is 9.80. The Morgan fingerprint density at radius 3 is 2.39 bits per heavy atom. The molecule has 156 valence electrons. The molecule has 1 N–H and O–H groups in total. The van der Waals surface area contributed by atoms with Crippen LogP contribution >= 0.6 is 11.6 Å². The molecule has 6 heteroatoms. The fourth-order valence-electron chi connectivity index (χ4n) is 3.55. The van der Waals surface area contributed by atoms with Gasteiger partial charge in [0.2, 0.25) is 5.43 Å². The predicted octanol–water partition coefficient (Wildman–Crippen LogP) is 5.70. The number of esters is 1. The summed E-state index contributed by atoms with van der Waals surface area (Å²) < 4.78 is 10.4. The first-order chi connectivity index (χ1) is 15.0. The van der Waals surface area contributed by atoms with E-state index in [1.54, 1.807) is 13.0 Å².